The van der Waals surface area contributed by atoms with E-state index in [9.17, 15) is 4.79 Å². The van der Waals surface area contributed by atoms with Crippen LogP contribution in [0.2, 0.25) is 5.02 Å². The quantitative estimate of drug-likeness (QED) is 0.795. The molecule has 1 fully saturated rings. The molecule has 3 rings (SSSR count). The molecule has 0 atom stereocenters. The Morgan fingerprint density at radius 2 is 1.92 bits per heavy atom. The van der Waals surface area contributed by atoms with Crippen LogP contribution >= 0.6 is 23.4 Å². The molecule has 1 aliphatic heterocycles. The number of carbonyl (C=O) groups excluding carboxylic acids is 1. The number of carbonyl (C=O) groups is 1. The van der Waals surface area contributed by atoms with Gasteiger partial charge in [-0.05, 0) is 24.6 Å². The number of nitrogens with zero attached hydrogens (tertiary/aromatic N) is 1. The Balaban J connectivity index is 1.58. The van der Waals surface area contributed by atoms with Crippen LogP contribution in [0.4, 0.5) is 11.4 Å². The lowest BCUT2D eigenvalue weighted by atomic mass is 10.2. The second-order valence-corrected chi connectivity index (χ2v) is 7.65. The highest BCUT2D eigenvalue weighted by Crippen LogP contribution is 2.34. The summed E-state index contributed by atoms with van der Waals surface area (Å²) in [5.74, 6) is 1.21. The maximum Gasteiger partial charge on any atom is 0.234 e. The van der Waals surface area contributed by atoms with E-state index in [4.69, 9.17) is 16.3 Å². The van der Waals surface area contributed by atoms with Gasteiger partial charge in [-0.1, -0.05) is 47.5 Å². The van der Waals surface area contributed by atoms with Gasteiger partial charge in [0.2, 0.25) is 5.91 Å². The molecule has 0 unspecified atom stereocenters. The molecular weight excluding hydrogens is 368 g/mol. The van der Waals surface area contributed by atoms with Crippen LogP contribution in [-0.2, 0) is 15.3 Å². The van der Waals surface area contributed by atoms with Gasteiger partial charge in [-0.15, -0.1) is 11.8 Å². The first-order chi connectivity index (χ1) is 12.6. The Bertz CT molecular complexity index is 746. The summed E-state index contributed by atoms with van der Waals surface area (Å²) in [6.45, 7) is 4.96. The first-order valence-electron chi connectivity index (χ1n) is 8.68. The normalized spacial score (nSPS) is 14.3. The lowest BCUT2D eigenvalue weighted by Gasteiger charge is -2.31. The third-order valence-electron chi connectivity index (χ3n) is 4.21. The molecule has 1 saturated heterocycles. The standard InChI is InChI=1S/C20H23ClN2O2S/c1-15-5-7-16(8-6-15)13-26-14-19(24)22-18-4-2-3-17(21)20(18)23-9-11-25-12-10-23/h2-8H,9-14H2,1H3,(H,22,24). The van der Waals surface area contributed by atoms with Crippen LogP contribution in [0.3, 0.4) is 0 Å². The molecule has 2 aromatic rings. The fourth-order valence-electron chi connectivity index (χ4n) is 2.86. The topological polar surface area (TPSA) is 41.6 Å². The van der Waals surface area contributed by atoms with Gasteiger partial charge in [0.25, 0.3) is 0 Å². The summed E-state index contributed by atoms with van der Waals surface area (Å²) >= 11 is 8.01. The number of para-hydroxylation sites is 1. The van der Waals surface area contributed by atoms with Gasteiger partial charge in [0.05, 0.1) is 35.4 Å². The van der Waals surface area contributed by atoms with E-state index < -0.39 is 0 Å². The third kappa shape index (κ3) is 5.16. The number of hydrogen-bond donors (Lipinski definition) is 1. The van der Waals surface area contributed by atoms with Crippen molar-refractivity contribution in [2.75, 3.05) is 42.3 Å². The van der Waals surface area contributed by atoms with Crippen molar-refractivity contribution in [2.24, 2.45) is 0 Å². The highest BCUT2D eigenvalue weighted by Gasteiger charge is 2.19. The summed E-state index contributed by atoms with van der Waals surface area (Å²) in [5, 5.41) is 3.67. The fourth-order valence-corrected chi connectivity index (χ4v) is 3.94. The number of aryl methyl sites for hydroxylation is 1. The second-order valence-electron chi connectivity index (χ2n) is 6.26. The summed E-state index contributed by atoms with van der Waals surface area (Å²) in [7, 11) is 0. The lowest BCUT2D eigenvalue weighted by Crippen LogP contribution is -2.37. The Labute approximate surface area is 163 Å². The van der Waals surface area contributed by atoms with Crippen LogP contribution in [0.5, 0.6) is 0 Å². The lowest BCUT2D eigenvalue weighted by molar-refractivity contribution is -0.113. The smallest absolute Gasteiger partial charge is 0.234 e. The SMILES string of the molecule is Cc1ccc(CSCC(=O)Nc2cccc(Cl)c2N2CCOCC2)cc1. The van der Waals surface area contributed by atoms with E-state index in [2.05, 4.69) is 41.4 Å². The number of benzene rings is 2. The van der Waals surface area contributed by atoms with E-state index in [1.807, 2.05) is 18.2 Å². The largest absolute Gasteiger partial charge is 0.378 e. The number of morpholine rings is 1. The first kappa shape index (κ1) is 19.1. The molecule has 1 N–H and O–H groups in total. The Morgan fingerprint density at radius 1 is 1.19 bits per heavy atom. The molecule has 2 aromatic carbocycles. The zero-order chi connectivity index (χ0) is 18.4. The Morgan fingerprint density at radius 3 is 2.65 bits per heavy atom. The Kier molecular flexibility index (Phi) is 6.83. The minimum Gasteiger partial charge on any atom is -0.378 e. The molecule has 0 spiro atoms. The number of anilines is 2. The molecule has 0 bridgehead atoms. The third-order valence-corrected chi connectivity index (χ3v) is 5.52. The summed E-state index contributed by atoms with van der Waals surface area (Å²) in [5.41, 5.74) is 4.12. The molecule has 26 heavy (non-hydrogen) atoms. The minimum atomic E-state index is -0.0149. The molecule has 138 valence electrons. The Hall–Kier alpha value is -1.69. The molecular formula is C20H23ClN2O2S. The maximum atomic E-state index is 12.4. The van der Waals surface area contributed by atoms with Crippen LogP contribution in [0, 0.1) is 6.92 Å². The van der Waals surface area contributed by atoms with Crippen LogP contribution in [0.1, 0.15) is 11.1 Å². The molecule has 0 saturated carbocycles. The second kappa shape index (κ2) is 9.31. The molecule has 1 heterocycles. The van der Waals surface area contributed by atoms with Gasteiger partial charge < -0.3 is 15.0 Å². The molecule has 6 heteroatoms. The van der Waals surface area contributed by atoms with Gasteiger partial charge >= 0.3 is 0 Å². The van der Waals surface area contributed by atoms with Crippen molar-refractivity contribution in [3.63, 3.8) is 0 Å². The minimum absolute atomic E-state index is 0.0149. The van der Waals surface area contributed by atoms with E-state index in [0.29, 0.717) is 24.0 Å². The average molecular weight is 391 g/mol. The summed E-state index contributed by atoms with van der Waals surface area (Å²) < 4.78 is 5.41. The van der Waals surface area contributed by atoms with Crippen molar-refractivity contribution in [3.8, 4) is 0 Å². The number of halogens is 1. The van der Waals surface area contributed by atoms with Crippen molar-refractivity contribution < 1.29 is 9.53 Å². The number of ether oxygens (including phenoxy) is 1. The number of thioether (sulfide) groups is 1. The van der Waals surface area contributed by atoms with E-state index in [-0.39, 0.29) is 5.91 Å². The van der Waals surface area contributed by atoms with Crippen molar-refractivity contribution in [2.45, 2.75) is 12.7 Å². The predicted molar refractivity (Wildman–Crippen MR) is 110 cm³/mol. The number of nitrogens with one attached hydrogen (secondary N) is 1. The van der Waals surface area contributed by atoms with Crippen LogP contribution < -0.4 is 10.2 Å². The van der Waals surface area contributed by atoms with E-state index in [1.165, 1.54) is 11.1 Å². The van der Waals surface area contributed by atoms with E-state index in [1.54, 1.807) is 11.8 Å². The van der Waals surface area contributed by atoms with Gasteiger partial charge in [0, 0.05) is 18.8 Å². The van der Waals surface area contributed by atoms with Crippen molar-refractivity contribution in [1.29, 1.82) is 0 Å². The summed E-state index contributed by atoms with van der Waals surface area (Å²) in [4.78, 5) is 14.6. The predicted octanol–water partition coefficient (Wildman–Crippen LogP) is 4.36. The molecule has 4 nitrogen and oxygen atoms in total. The molecule has 0 aromatic heterocycles. The monoisotopic (exact) mass is 390 g/mol. The molecule has 1 amide bonds. The first-order valence-corrected chi connectivity index (χ1v) is 10.2. The van der Waals surface area contributed by atoms with Gasteiger partial charge in [0.1, 0.15) is 0 Å². The zero-order valence-corrected chi connectivity index (χ0v) is 16.4. The molecule has 0 radical (unpaired) electrons. The molecule has 1 aliphatic rings. The fraction of sp³-hybridized carbons (Fsp3) is 0.350. The van der Waals surface area contributed by atoms with Gasteiger partial charge in [-0.3, -0.25) is 4.79 Å². The molecule has 0 aliphatic carbocycles. The van der Waals surface area contributed by atoms with Gasteiger partial charge in [-0.2, -0.15) is 0 Å². The van der Waals surface area contributed by atoms with Crippen molar-refractivity contribution in [3.05, 3.63) is 58.6 Å². The van der Waals surface area contributed by atoms with Crippen molar-refractivity contribution in [1.82, 2.24) is 0 Å². The zero-order valence-electron chi connectivity index (χ0n) is 14.8. The highest BCUT2D eigenvalue weighted by molar-refractivity contribution is 7.99. The van der Waals surface area contributed by atoms with Gasteiger partial charge in [-0.25, -0.2) is 0 Å². The van der Waals surface area contributed by atoms with E-state index >= 15 is 0 Å². The number of rotatable bonds is 6. The summed E-state index contributed by atoms with van der Waals surface area (Å²) in [6, 6.07) is 14.0. The van der Waals surface area contributed by atoms with Crippen LogP contribution in [0.15, 0.2) is 42.5 Å². The average Bonchev–Trinajstić information content (AvgIpc) is 2.64. The van der Waals surface area contributed by atoms with Gasteiger partial charge in [0.15, 0.2) is 0 Å². The van der Waals surface area contributed by atoms with Crippen molar-refractivity contribution >= 4 is 40.6 Å². The number of amides is 1. The maximum absolute atomic E-state index is 12.4. The van der Waals surface area contributed by atoms with E-state index in [0.717, 1.165) is 30.2 Å². The van der Waals surface area contributed by atoms with Crippen LogP contribution in [-0.4, -0.2) is 38.0 Å². The highest BCUT2D eigenvalue weighted by atomic mass is 35.5. The summed E-state index contributed by atoms with van der Waals surface area (Å²) in [6.07, 6.45) is 0. The number of hydrogen-bond acceptors (Lipinski definition) is 4. The van der Waals surface area contributed by atoms with Crippen LogP contribution in [0.25, 0.3) is 0 Å².